The first-order chi connectivity index (χ1) is 20.5. The average molecular weight is 570 g/mol. The van der Waals surface area contributed by atoms with E-state index in [-0.39, 0.29) is 11.7 Å². The molecule has 1 amide bonds. The van der Waals surface area contributed by atoms with Crippen LogP contribution in [0.3, 0.4) is 0 Å². The molecule has 0 aliphatic carbocycles. The molecule has 218 valence electrons. The van der Waals surface area contributed by atoms with Gasteiger partial charge in [0.15, 0.2) is 0 Å². The molecular formula is C32H36FN7O2. The number of ether oxygens (including phenoxy) is 1. The third-order valence-corrected chi connectivity index (χ3v) is 8.26. The second-order valence-electron chi connectivity index (χ2n) is 10.8. The monoisotopic (exact) mass is 569 g/mol. The summed E-state index contributed by atoms with van der Waals surface area (Å²) in [6.07, 6.45) is 10.9. The van der Waals surface area contributed by atoms with E-state index in [2.05, 4.69) is 32.0 Å². The molecule has 9 nitrogen and oxygen atoms in total. The Bertz CT molecular complexity index is 1590. The first kappa shape index (κ1) is 27.7. The molecule has 0 unspecified atom stereocenters. The highest BCUT2D eigenvalue weighted by Crippen LogP contribution is 2.39. The van der Waals surface area contributed by atoms with Gasteiger partial charge in [0.25, 0.3) is 0 Å². The van der Waals surface area contributed by atoms with E-state index in [1.807, 2.05) is 29.0 Å². The summed E-state index contributed by atoms with van der Waals surface area (Å²) in [5.74, 6) is 1.01. The maximum absolute atomic E-state index is 13.7. The van der Waals surface area contributed by atoms with Gasteiger partial charge in [-0.15, -0.1) is 0 Å². The SMILES string of the molecule is C=CC(=O)Nc1cc(Nc2nccc(-n3ccc4cc(F)ccc43)n2)c(OC)cc1N1CCC(N2CCCCC2)CC1. The summed E-state index contributed by atoms with van der Waals surface area (Å²) in [4.78, 5) is 26.5. The second-order valence-corrected chi connectivity index (χ2v) is 10.8. The molecule has 4 aromatic rings. The van der Waals surface area contributed by atoms with Crippen molar-refractivity contribution >= 4 is 39.8 Å². The number of hydrogen-bond donors (Lipinski definition) is 2. The van der Waals surface area contributed by atoms with E-state index < -0.39 is 0 Å². The molecule has 2 aromatic carbocycles. The van der Waals surface area contributed by atoms with Gasteiger partial charge in [-0.1, -0.05) is 13.0 Å². The smallest absolute Gasteiger partial charge is 0.247 e. The van der Waals surface area contributed by atoms with Crippen LogP contribution in [0.2, 0.25) is 0 Å². The molecule has 0 spiro atoms. The third-order valence-electron chi connectivity index (χ3n) is 8.26. The molecule has 2 fully saturated rings. The number of likely N-dealkylation sites (tertiary alicyclic amines) is 1. The lowest BCUT2D eigenvalue weighted by Crippen LogP contribution is -2.46. The number of carbonyl (C=O) groups excluding carboxylic acids is 1. The van der Waals surface area contributed by atoms with Crippen LogP contribution < -0.4 is 20.3 Å². The largest absolute Gasteiger partial charge is 0.494 e. The molecule has 6 rings (SSSR count). The van der Waals surface area contributed by atoms with E-state index in [0.717, 1.165) is 42.5 Å². The maximum atomic E-state index is 13.7. The van der Waals surface area contributed by atoms with Crippen LogP contribution in [0.25, 0.3) is 16.7 Å². The molecule has 2 aliphatic rings. The number of piperidine rings is 2. The van der Waals surface area contributed by atoms with E-state index in [0.29, 0.717) is 34.9 Å². The summed E-state index contributed by atoms with van der Waals surface area (Å²) in [5.41, 5.74) is 3.02. The summed E-state index contributed by atoms with van der Waals surface area (Å²) in [7, 11) is 1.62. The number of rotatable bonds is 8. The molecule has 0 atom stereocenters. The van der Waals surface area contributed by atoms with Crippen molar-refractivity contribution in [3.05, 3.63) is 73.3 Å². The number of halogens is 1. The molecule has 2 saturated heterocycles. The Kier molecular flexibility index (Phi) is 8.05. The Hall–Kier alpha value is -4.44. The van der Waals surface area contributed by atoms with Gasteiger partial charge in [-0.25, -0.2) is 9.37 Å². The molecule has 42 heavy (non-hydrogen) atoms. The zero-order chi connectivity index (χ0) is 29.1. The maximum Gasteiger partial charge on any atom is 0.247 e. The molecule has 2 aliphatic heterocycles. The van der Waals surface area contributed by atoms with Crippen molar-refractivity contribution in [3.8, 4) is 11.6 Å². The highest BCUT2D eigenvalue weighted by Gasteiger charge is 2.27. The van der Waals surface area contributed by atoms with Crippen LogP contribution in [-0.2, 0) is 4.79 Å². The summed E-state index contributed by atoms with van der Waals surface area (Å²) in [6.45, 7) is 7.82. The number of nitrogens with zero attached hydrogens (tertiary/aromatic N) is 5. The Morgan fingerprint density at radius 1 is 1.05 bits per heavy atom. The van der Waals surface area contributed by atoms with Crippen LogP contribution in [0, 0.1) is 5.82 Å². The fourth-order valence-corrected chi connectivity index (χ4v) is 6.11. The summed E-state index contributed by atoms with van der Waals surface area (Å²) < 4.78 is 21.4. The Balaban J connectivity index is 1.27. The zero-order valence-corrected chi connectivity index (χ0v) is 23.9. The number of amides is 1. The van der Waals surface area contributed by atoms with Gasteiger partial charge < -0.3 is 29.7 Å². The van der Waals surface area contributed by atoms with Gasteiger partial charge in [-0.05, 0) is 81.2 Å². The van der Waals surface area contributed by atoms with Crippen LogP contribution >= 0.6 is 0 Å². The minimum Gasteiger partial charge on any atom is -0.494 e. The topological polar surface area (TPSA) is 87.5 Å². The predicted octanol–water partition coefficient (Wildman–Crippen LogP) is 5.89. The van der Waals surface area contributed by atoms with Crippen molar-refractivity contribution in [2.24, 2.45) is 0 Å². The van der Waals surface area contributed by atoms with Crippen molar-refractivity contribution in [2.45, 2.75) is 38.1 Å². The Morgan fingerprint density at radius 3 is 2.62 bits per heavy atom. The zero-order valence-electron chi connectivity index (χ0n) is 23.9. The number of anilines is 4. The van der Waals surface area contributed by atoms with Gasteiger partial charge in [0, 0.05) is 43.0 Å². The minimum absolute atomic E-state index is 0.286. The minimum atomic E-state index is -0.287. The molecule has 0 saturated carbocycles. The van der Waals surface area contributed by atoms with Crippen LogP contribution in [-0.4, -0.2) is 64.7 Å². The van der Waals surface area contributed by atoms with Gasteiger partial charge in [0.2, 0.25) is 11.9 Å². The lowest BCUT2D eigenvalue weighted by Gasteiger charge is -2.41. The number of hydrogen-bond acceptors (Lipinski definition) is 7. The van der Waals surface area contributed by atoms with Crippen molar-refractivity contribution in [2.75, 3.05) is 48.8 Å². The van der Waals surface area contributed by atoms with Crippen molar-refractivity contribution in [1.29, 1.82) is 0 Å². The lowest BCUT2D eigenvalue weighted by atomic mass is 9.99. The molecule has 4 heterocycles. The number of benzene rings is 2. The fraction of sp³-hybridized carbons (Fsp3) is 0.344. The van der Waals surface area contributed by atoms with E-state index in [9.17, 15) is 9.18 Å². The van der Waals surface area contributed by atoms with Gasteiger partial charge in [-0.3, -0.25) is 4.79 Å². The first-order valence-corrected chi connectivity index (χ1v) is 14.5. The van der Waals surface area contributed by atoms with Gasteiger partial charge in [-0.2, -0.15) is 4.98 Å². The molecule has 0 radical (unpaired) electrons. The standard InChI is InChI=1S/C32H36FN7O2/c1-3-31(41)35-25-20-26(29(42-2)21-28(25)39-16-11-24(12-17-39)38-14-5-4-6-15-38)36-32-34-13-9-30(37-32)40-18-10-22-19-23(33)7-8-27(22)40/h3,7-10,13,18-21,24H,1,4-6,11-12,14-17H2,2H3,(H,35,41)(H,34,36,37). The van der Waals surface area contributed by atoms with Crippen molar-refractivity contribution in [3.63, 3.8) is 0 Å². The number of aromatic nitrogens is 3. The Morgan fingerprint density at radius 2 is 1.86 bits per heavy atom. The lowest BCUT2D eigenvalue weighted by molar-refractivity contribution is -0.111. The molecule has 0 bridgehead atoms. The van der Waals surface area contributed by atoms with Crippen LogP contribution in [0.4, 0.5) is 27.4 Å². The van der Waals surface area contributed by atoms with E-state index in [1.54, 1.807) is 25.4 Å². The summed E-state index contributed by atoms with van der Waals surface area (Å²) >= 11 is 0. The fourth-order valence-electron chi connectivity index (χ4n) is 6.11. The number of nitrogens with one attached hydrogen (secondary N) is 2. The van der Waals surface area contributed by atoms with E-state index >= 15 is 0 Å². The molecule has 10 heteroatoms. The number of fused-ring (bicyclic) bond motifs is 1. The average Bonchev–Trinajstić information content (AvgIpc) is 3.45. The Labute approximate surface area is 245 Å². The molecular weight excluding hydrogens is 533 g/mol. The number of carbonyl (C=O) groups is 1. The van der Waals surface area contributed by atoms with Gasteiger partial charge in [0.1, 0.15) is 17.4 Å². The molecule has 2 N–H and O–H groups in total. The van der Waals surface area contributed by atoms with E-state index in [4.69, 9.17) is 9.72 Å². The highest BCUT2D eigenvalue weighted by atomic mass is 19.1. The van der Waals surface area contributed by atoms with Gasteiger partial charge >= 0.3 is 0 Å². The van der Waals surface area contributed by atoms with Crippen molar-refractivity contribution < 1.29 is 13.9 Å². The summed E-state index contributed by atoms with van der Waals surface area (Å²) in [6, 6.07) is 12.7. The van der Waals surface area contributed by atoms with Crippen LogP contribution in [0.1, 0.15) is 32.1 Å². The van der Waals surface area contributed by atoms with Crippen LogP contribution in [0.5, 0.6) is 5.75 Å². The normalized spacial score (nSPS) is 16.4. The number of methoxy groups -OCH3 is 1. The quantitative estimate of drug-likeness (QED) is 0.256. The van der Waals surface area contributed by atoms with Crippen molar-refractivity contribution in [1.82, 2.24) is 19.4 Å². The third kappa shape index (κ3) is 5.80. The predicted molar refractivity (Wildman–Crippen MR) is 165 cm³/mol. The molecule has 2 aromatic heterocycles. The first-order valence-electron chi connectivity index (χ1n) is 14.5. The van der Waals surface area contributed by atoms with Crippen LogP contribution in [0.15, 0.2) is 67.5 Å². The highest BCUT2D eigenvalue weighted by molar-refractivity contribution is 6.02. The summed E-state index contributed by atoms with van der Waals surface area (Å²) in [5, 5.41) is 7.04. The van der Waals surface area contributed by atoms with Gasteiger partial charge in [0.05, 0.1) is 29.7 Å². The second kappa shape index (κ2) is 12.2. The van der Waals surface area contributed by atoms with E-state index in [1.165, 1.54) is 50.6 Å².